The highest BCUT2D eigenvalue weighted by Crippen LogP contribution is 2.22. The maximum atomic E-state index is 6.11. The van der Waals surface area contributed by atoms with Gasteiger partial charge < -0.3 is 10.2 Å². The molecule has 0 spiro atoms. The van der Waals surface area contributed by atoms with Crippen LogP contribution in [0, 0.1) is 13.8 Å². The highest BCUT2D eigenvalue weighted by molar-refractivity contribution is 6.31. The van der Waals surface area contributed by atoms with Crippen LogP contribution in [0.4, 0.5) is 5.69 Å². The fraction of sp³-hybridized carbons (Fsp3) is 0.231. The van der Waals surface area contributed by atoms with E-state index in [1.165, 1.54) is 0 Å². The SMILES string of the molecule is Cc1nn(Cc2nc3ccc(N)cc3o2)c(C)c1Cl. The molecule has 0 aliphatic carbocycles. The maximum Gasteiger partial charge on any atom is 0.217 e. The van der Waals surface area contributed by atoms with Crippen molar-refractivity contribution in [2.45, 2.75) is 20.4 Å². The summed E-state index contributed by atoms with van der Waals surface area (Å²) in [5.41, 5.74) is 9.55. The summed E-state index contributed by atoms with van der Waals surface area (Å²) in [7, 11) is 0. The zero-order valence-corrected chi connectivity index (χ0v) is 11.4. The van der Waals surface area contributed by atoms with Gasteiger partial charge in [0.05, 0.1) is 16.4 Å². The number of rotatable bonds is 2. The van der Waals surface area contributed by atoms with E-state index in [1.807, 2.05) is 19.9 Å². The average Bonchev–Trinajstić information content (AvgIpc) is 2.86. The van der Waals surface area contributed by atoms with Crippen molar-refractivity contribution >= 4 is 28.4 Å². The molecule has 2 aromatic heterocycles. The Morgan fingerprint density at radius 1 is 1.37 bits per heavy atom. The molecule has 2 N–H and O–H groups in total. The molecule has 0 saturated heterocycles. The molecule has 0 bridgehead atoms. The van der Waals surface area contributed by atoms with Gasteiger partial charge in [-0.15, -0.1) is 0 Å². The van der Waals surface area contributed by atoms with Crippen molar-refractivity contribution in [2.24, 2.45) is 0 Å². The molecule has 0 aliphatic rings. The standard InChI is InChI=1S/C13H13ClN4O/c1-7-13(14)8(2)18(17-7)6-12-16-10-4-3-9(15)5-11(10)19-12/h3-5H,6,15H2,1-2H3. The van der Waals surface area contributed by atoms with Crippen molar-refractivity contribution in [1.82, 2.24) is 14.8 Å². The van der Waals surface area contributed by atoms with Gasteiger partial charge in [-0.25, -0.2) is 4.98 Å². The van der Waals surface area contributed by atoms with Gasteiger partial charge in [-0.05, 0) is 26.0 Å². The number of nitrogens with two attached hydrogens (primary N) is 1. The first-order chi connectivity index (χ1) is 9.04. The Labute approximate surface area is 115 Å². The van der Waals surface area contributed by atoms with Gasteiger partial charge in [0.25, 0.3) is 0 Å². The van der Waals surface area contributed by atoms with Gasteiger partial charge in [0.2, 0.25) is 5.89 Å². The number of aromatic nitrogens is 3. The number of nitrogens with zero attached hydrogens (tertiary/aromatic N) is 3. The largest absolute Gasteiger partial charge is 0.439 e. The topological polar surface area (TPSA) is 69.9 Å². The van der Waals surface area contributed by atoms with Crippen LogP contribution < -0.4 is 5.73 Å². The quantitative estimate of drug-likeness (QED) is 0.731. The normalized spacial score (nSPS) is 11.3. The Balaban J connectivity index is 1.98. The third-order valence-electron chi connectivity index (χ3n) is 3.03. The minimum Gasteiger partial charge on any atom is -0.439 e. The van der Waals surface area contributed by atoms with Gasteiger partial charge in [0, 0.05) is 11.8 Å². The second-order valence-corrected chi connectivity index (χ2v) is 4.86. The lowest BCUT2D eigenvalue weighted by atomic mass is 10.3. The van der Waals surface area contributed by atoms with Crippen molar-refractivity contribution < 1.29 is 4.42 Å². The van der Waals surface area contributed by atoms with Crippen molar-refractivity contribution in [3.8, 4) is 0 Å². The lowest BCUT2D eigenvalue weighted by molar-refractivity contribution is 0.486. The predicted octanol–water partition coefficient (Wildman–Crippen LogP) is 2.93. The first-order valence-electron chi connectivity index (χ1n) is 5.89. The molecule has 2 heterocycles. The number of nitrogen functional groups attached to an aromatic ring is 1. The molecule has 1 aromatic carbocycles. The third kappa shape index (κ3) is 2.06. The Bertz CT molecular complexity index is 759. The molecular weight excluding hydrogens is 264 g/mol. The monoisotopic (exact) mass is 276 g/mol. The second kappa shape index (κ2) is 4.28. The number of fused-ring (bicyclic) bond motifs is 1. The van der Waals surface area contributed by atoms with Crippen molar-refractivity contribution in [1.29, 1.82) is 0 Å². The lowest BCUT2D eigenvalue weighted by Gasteiger charge is -1.99. The van der Waals surface area contributed by atoms with E-state index in [-0.39, 0.29) is 0 Å². The number of benzene rings is 1. The van der Waals surface area contributed by atoms with Gasteiger partial charge in [0.15, 0.2) is 5.58 Å². The molecule has 0 aliphatic heterocycles. The second-order valence-electron chi connectivity index (χ2n) is 4.48. The summed E-state index contributed by atoms with van der Waals surface area (Å²) in [5, 5.41) is 5.03. The van der Waals surface area contributed by atoms with Crippen LogP contribution in [-0.2, 0) is 6.54 Å². The first-order valence-corrected chi connectivity index (χ1v) is 6.27. The summed E-state index contributed by atoms with van der Waals surface area (Å²) in [4.78, 5) is 4.40. The molecule has 98 valence electrons. The van der Waals surface area contributed by atoms with Gasteiger partial charge in [-0.2, -0.15) is 5.10 Å². The van der Waals surface area contributed by atoms with E-state index < -0.39 is 0 Å². The molecule has 0 radical (unpaired) electrons. The molecule has 19 heavy (non-hydrogen) atoms. The molecule has 5 nitrogen and oxygen atoms in total. The zero-order chi connectivity index (χ0) is 13.6. The van der Waals surface area contributed by atoms with Crippen LogP contribution in [0.2, 0.25) is 5.02 Å². The summed E-state index contributed by atoms with van der Waals surface area (Å²) in [5.74, 6) is 0.586. The Morgan fingerprint density at radius 2 is 2.16 bits per heavy atom. The van der Waals surface area contributed by atoms with E-state index in [1.54, 1.807) is 16.8 Å². The average molecular weight is 277 g/mol. The minimum atomic E-state index is 0.452. The van der Waals surface area contributed by atoms with Crippen LogP contribution in [-0.4, -0.2) is 14.8 Å². The van der Waals surface area contributed by atoms with Crippen molar-refractivity contribution in [3.05, 3.63) is 40.5 Å². The summed E-state index contributed by atoms with van der Waals surface area (Å²) >= 11 is 6.11. The van der Waals surface area contributed by atoms with Crippen LogP contribution in [0.25, 0.3) is 11.1 Å². The lowest BCUT2D eigenvalue weighted by Crippen LogP contribution is -2.04. The summed E-state index contributed by atoms with van der Waals surface area (Å²) in [6, 6.07) is 5.40. The van der Waals surface area contributed by atoms with Gasteiger partial charge in [-0.3, -0.25) is 4.68 Å². The molecule has 0 fully saturated rings. The van der Waals surface area contributed by atoms with Crippen LogP contribution in [0.3, 0.4) is 0 Å². The van der Waals surface area contributed by atoms with E-state index >= 15 is 0 Å². The number of oxazole rings is 1. The molecule has 6 heteroatoms. The van der Waals surface area contributed by atoms with Crippen LogP contribution >= 0.6 is 11.6 Å². The molecule has 3 aromatic rings. The van der Waals surface area contributed by atoms with Crippen LogP contribution in [0.1, 0.15) is 17.3 Å². The van der Waals surface area contributed by atoms with E-state index in [9.17, 15) is 0 Å². The first kappa shape index (κ1) is 12.0. The highest BCUT2D eigenvalue weighted by Gasteiger charge is 2.12. The summed E-state index contributed by atoms with van der Waals surface area (Å²) in [6.07, 6.45) is 0. The minimum absolute atomic E-state index is 0.452. The number of hydrogen-bond acceptors (Lipinski definition) is 4. The Hall–Kier alpha value is -2.01. The molecule has 0 unspecified atom stereocenters. The van der Waals surface area contributed by atoms with Crippen molar-refractivity contribution in [3.63, 3.8) is 0 Å². The van der Waals surface area contributed by atoms with Gasteiger partial charge in [0.1, 0.15) is 12.1 Å². The van der Waals surface area contributed by atoms with E-state index in [4.69, 9.17) is 21.8 Å². The van der Waals surface area contributed by atoms with Crippen molar-refractivity contribution in [2.75, 3.05) is 5.73 Å². The Morgan fingerprint density at radius 3 is 2.84 bits per heavy atom. The smallest absolute Gasteiger partial charge is 0.217 e. The molecule has 0 atom stereocenters. The summed E-state index contributed by atoms with van der Waals surface area (Å²) in [6.45, 7) is 4.25. The predicted molar refractivity (Wildman–Crippen MR) is 74.2 cm³/mol. The number of aryl methyl sites for hydroxylation is 1. The maximum absolute atomic E-state index is 6.11. The van der Waals surface area contributed by atoms with Crippen LogP contribution in [0.15, 0.2) is 22.6 Å². The summed E-state index contributed by atoms with van der Waals surface area (Å²) < 4.78 is 7.45. The molecule has 3 rings (SSSR count). The molecular formula is C13H13ClN4O. The van der Waals surface area contributed by atoms with Crippen LogP contribution in [0.5, 0.6) is 0 Å². The number of anilines is 1. The third-order valence-corrected chi connectivity index (χ3v) is 3.58. The fourth-order valence-electron chi connectivity index (χ4n) is 2.01. The van der Waals surface area contributed by atoms with E-state index in [0.717, 1.165) is 16.9 Å². The fourth-order valence-corrected chi connectivity index (χ4v) is 2.15. The van der Waals surface area contributed by atoms with Gasteiger partial charge >= 0.3 is 0 Å². The number of halogens is 1. The van der Waals surface area contributed by atoms with E-state index in [0.29, 0.717) is 28.7 Å². The molecule has 0 saturated carbocycles. The van der Waals surface area contributed by atoms with Gasteiger partial charge in [-0.1, -0.05) is 11.6 Å². The number of hydrogen-bond donors (Lipinski definition) is 1. The molecule has 0 amide bonds. The Kier molecular flexibility index (Phi) is 2.71. The highest BCUT2D eigenvalue weighted by atomic mass is 35.5. The zero-order valence-electron chi connectivity index (χ0n) is 10.6. The van der Waals surface area contributed by atoms with E-state index in [2.05, 4.69) is 10.1 Å².